The summed E-state index contributed by atoms with van der Waals surface area (Å²) >= 11 is 0. The van der Waals surface area contributed by atoms with Crippen LogP contribution in [-0.2, 0) is 14.9 Å². The smallest absolute Gasteiger partial charge is 0.282 e. The van der Waals surface area contributed by atoms with Crippen LogP contribution >= 0.6 is 12.4 Å². The minimum Gasteiger partial charge on any atom is -0.373 e. The molecule has 3 heterocycles. The van der Waals surface area contributed by atoms with E-state index in [1.807, 2.05) is 13.8 Å². The molecule has 0 aromatic heterocycles. The molecule has 0 amide bonds. The molecule has 3 saturated heterocycles. The van der Waals surface area contributed by atoms with E-state index in [2.05, 4.69) is 5.32 Å². The molecule has 3 fully saturated rings. The maximum absolute atomic E-state index is 12.9. The van der Waals surface area contributed by atoms with Gasteiger partial charge in [-0.05, 0) is 39.5 Å². The molecule has 0 aromatic rings. The number of halogens is 1. The molecule has 0 saturated carbocycles. The summed E-state index contributed by atoms with van der Waals surface area (Å²) in [5.74, 6) is 0. The standard InChI is InChI=1S/C14H27N3O3S.ClH/c1-10-8-17(9-11(2)20-10)21(18,19)16(3)14-6-12-4-5-13(7-14)15-12;/h10-15H,4-9H2,1-3H3;1H. The minimum atomic E-state index is -3.39. The van der Waals surface area contributed by atoms with Crippen LogP contribution in [0.1, 0.15) is 39.5 Å². The molecule has 0 radical (unpaired) electrons. The fourth-order valence-corrected chi connectivity index (χ4v) is 5.72. The van der Waals surface area contributed by atoms with Gasteiger partial charge in [-0.25, -0.2) is 0 Å². The Morgan fingerprint density at radius 2 is 1.59 bits per heavy atom. The van der Waals surface area contributed by atoms with Gasteiger partial charge in [0.05, 0.1) is 12.2 Å². The Labute approximate surface area is 140 Å². The van der Waals surface area contributed by atoms with Crippen LogP contribution in [0.3, 0.4) is 0 Å². The van der Waals surface area contributed by atoms with Gasteiger partial charge in [-0.1, -0.05) is 0 Å². The SMILES string of the molecule is CC1CN(S(=O)(=O)N(C)C2CC3CCC(C2)N3)CC(C)O1.Cl. The zero-order valence-electron chi connectivity index (χ0n) is 13.6. The van der Waals surface area contributed by atoms with Crippen molar-refractivity contribution in [1.29, 1.82) is 0 Å². The van der Waals surface area contributed by atoms with Gasteiger partial charge in [0.2, 0.25) is 0 Å². The monoisotopic (exact) mass is 353 g/mol. The van der Waals surface area contributed by atoms with Crippen LogP contribution in [0.5, 0.6) is 0 Å². The largest absolute Gasteiger partial charge is 0.373 e. The van der Waals surface area contributed by atoms with E-state index in [0.717, 1.165) is 12.8 Å². The molecule has 6 nitrogen and oxygen atoms in total. The molecular weight excluding hydrogens is 326 g/mol. The number of morpholine rings is 1. The summed E-state index contributed by atoms with van der Waals surface area (Å²) in [6, 6.07) is 1.12. The molecular formula is C14H28ClN3O3S. The lowest BCUT2D eigenvalue weighted by Gasteiger charge is -2.40. The quantitative estimate of drug-likeness (QED) is 0.821. The highest BCUT2D eigenvalue weighted by Crippen LogP contribution is 2.31. The first-order chi connectivity index (χ1) is 9.86. The second-order valence-corrected chi connectivity index (χ2v) is 8.85. The summed E-state index contributed by atoms with van der Waals surface area (Å²) in [5, 5.41) is 3.57. The molecule has 3 aliphatic rings. The van der Waals surface area contributed by atoms with Crippen LogP contribution in [0.4, 0.5) is 0 Å². The van der Waals surface area contributed by atoms with Crippen molar-refractivity contribution in [2.75, 3.05) is 20.1 Å². The summed E-state index contributed by atoms with van der Waals surface area (Å²) in [7, 11) is -1.64. The predicted octanol–water partition coefficient (Wildman–Crippen LogP) is 0.977. The Balaban J connectivity index is 0.00000176. The number of fused-ring (bicyclic) bond motifs is 2. The van der Waals surface area contributed by atoms with Crippen molar-refractivity contribution in [3.05, 3.63) is 0 Å². The first-order valence-electron chi connectivity index (χ1n) is 8.01. The summed E-state index contributed by atoms with van der Waals surface area (Å²) in [6.45, 7) is 4.77. The number of hydrogen-bond donors (Lipinski definition) is 1. The van der Waals surface area contributed by atoms with E-state index in [0.29, 0.717) is 25.2 Å². The van der Waals surface area contributed by atoms with Crippen molar-refractivity contribution in [2.24, 2.45) is 0 Å². The van der Waals surface area contributed by atoms with Crippen molar-refractivity contribution in [1.82, 2.24) is 13.9 Å². The first kappa shape index (κ1) is 18.4. The molecule has 4 atom stereocenters. The maximum Gasteiger partial charge on any atom is 0.282 e. The van der Waals surface area contributed by atoms with Crippen molar-refractivity contribution >= 4 is 22.6 Å². The number of ether oxygens (including phenoxy) is 1. The average Bonchev–Trinajstić information content (AvgIpc) is 2.75. The third kappa shape index (κ3) is 3.60. The van der Waals surface area contributed by atoms with Crippen molar-refractivity contribution < 1.29 is 13.2 Å². The third-order valence-electron chi connectivity index (χ3n) is 5.04. The molecule has 22 heavy (non-hydrogen) atoms. The van der Waals surface area contributed by atoms with E-state index < -0.39 is 10.2 Å². The summed E-state index contributed by atoms with van der Waals surface area (Å²) in [6.07, 6.45) is 4.15. The minimum absolute atomic E-state index is 0. The topological polar surface area (TPSA) is 61.9 Å². The van der Waals surface area contributed by atoms with Crippen LogP contribution in [0.2, 0.25) is 0 Å². The Morgan fingerprint density at radius 3 is 2.09 bits per heavy atom. The fraction of sp³-hybridized carbons (Fsp3) is 1.00. The van der Waals surface area contributed by atoms with Gasteiger partial charge in [-0.2, -0.15) is 17.0 Å². The lowest BCUT2D eigenvalue weighted by Crippen LogP contribution is -2.56. The molecule has 3 aliphatic heterocycles. The van der Waals surface area contributed by atoms with Crippen LogP contribution in [0.25, 0.3) is 0 Å². The molecule has 3 rings (SSSR count). The van der Waals surface area contributed by atoms with Crippen LogP contribution in [0, 0.1) is 0 Å². The van der Waals surface area contributed by atoms with E-state index in [-0.39, 0.29) is 30.7 Å². The normalized spacial score (nSPS) is 39.7. The van der Waals surface area contributed by atoms with E-state index in [9.17, 15) is 8.42 Å². The molecule has 8 heteroatoms. The maximum atomic E-state index is 12.9. The van der Waals surface area contributed by atoms with Gasteiger partial charge in [-0.3, -0.25) is 0 Å². The van der Waals surface area contributed by atoms with Gasteiger partial charge in [-0.15, -0.1) is 12.4 Å². The molecule has 0 spiro atoms. The molecule has 130 valence electrons. The van der Waals surface area contributed by atoms with Crippen LogP contribution in [-0.4, -0.2) is 67.5 Å². The molecule has 0 aromatic carbocycles. The van der Waals surface area contributed by atoms with Gasteiger partial charge < -0.3 is 10.1 Å². The summed E-state index contributed by atoms with van der Waals surface area (Å²) in [4.78, 5) is 0. The van der Waals surface area contributed by atoms with Gasteiger partial charge in [0.1, 0.15) is 0 Å². The van der Waals surface area contributed by atoms with Gasteiger partial charge in [0.25, 0.3) is 10.2 Å². The highest BCUT2D eigenvalue weighted by atomic mass is 35.5. The molecule has 4 unspecified atom stereocenters. The van der Waals surface area contributed by atoms with E-state index >= 15 is 0 Å². The predicted molar refractivity (Wildman–Crippen MR) is 88.5 cm³/mol. The second kappa shape index (κ2) is 6.91. The van der Waals surface area contributed by atoms with Crippen molar-refractivity contribution in [3.8, 4) is 0 Å². The Morgan fingerprint density at radius 1 is 1.09 bits per heavy atom. The van der Waals surface area contributed by atoms with E-state index in [1.165, 1.54) is 12.8 Å². The lowest BCUT2D eigenvalue weighted by atomic mass is 10.0. The lowest BCUT2D eigenvalue weighted by molar-refractivity contribution is -0.0457. The Kier molecular flexibility index (Phi) is 5.78. The highest BCUT2D eigenvalue weighted by molar-refractivity contribution is 7.86. The van der Waals surface area contributed by atoms with Crippen molar-refractivity contribution in [2.45, 2.75) is 69.9 Å². The van der Waals surface area contributed by atoms with Gasteiger partial charge in [0, 0.05) is 38.3 Å². The molecule has 0 aliphatic carbocycles. The number of nitrogens with one attached hydrogen (secondary N) is 1. The fourth-order valence-electron chi connectivity index (χ4n) is 4.01. The average molecular weight is 354 g/mol. The van der Waals surface area contributed by atoms with Crippen molar-refractivity contribution in [3.63, 3.8) is 0 Å². The van der Waals surface area contributed by atoms with E-state index in [1.54, 1.807) is 15.7 Å². The zero-order chi connectivity index (χ0) is 15.2. The number of nitrogens with zero attached hydrogens (tertiary/aromatic N) is 2. The second-order valence-electron chi connectivity index (χ2n) is 6.86. The van der Waals surface area contributed by atoms with Gasteiger partial charge >= 0.3 is 0 Å². The molecule has 2 bridgehead atoms. The number of rotatable bonds is 3. The van der Waals surface area contributed by atoms with Gasteiger partial charge in [0.15, 0.2) is 0 Å². The summed E-state index contributed by atoms with van der Waals surface area (Å²) in [5.41, 5.74) is 0. The number of hydrogen-bond acceptors (Lipinski definition) is 4. The first-order valence-corrected chi connectivity index (χ1v) is 9.40. The van der Waals surface area contributed by atoms with Crippen LogP contribution < -0.4 is 5.32 Å². The Hall–Kier alpha value is 0.0800. The van der Waals surface area contributed by atoms with E-state index in [4.69, 9.17) is 4.74 Å². The molecule has 1 N–H and O–H groups in total. The zero-order valence-corrected chi connectivity index (χ0v) is 15.2. The highest BCUT2D eigenvalue weighted by Gasteiger charge is 2.41. The summed E-state index contributed by atoms with van der Waals surface area (Å²) < 4.78 is 34.6. The van der Waals surface area contributed by atoms with Crippen LogP contribution in [0.15, 0.2) is 0 Å². The number of piperidine rings is 1. The third-order valence-corrected chi connectivity index (χ3v) is 7.02. The Bertz CT molecular complexity index is 468.